The molecule has 96 valence electrons. The van der Waals surface area contributed by atoms with E-state index in [2.05, 4.69) is 17.2 Å². The van der Waals surface area contributed by atoms with Crippen LogP contribution in [0.3, 0.4) is 0 Å². The first kappa shape index (κ1) is 11.7. The molecule has 2 N–H and O–H groups in total. The molecule has 1 aromatic carbocycles. The highest BCUT2D eigenvalue weighted by atomic mass is 16.5. The molecule has 0 saturated heterocycles. The van der Waals surface area contributed by atoms with Gasteiger partial charge in [-0.1, -0.05) is 18.2 Å². The number of nitrogens with zero attached hydrogens (tertiary/aromatic N) is 2. The van der Waals surface area contributed by atoms with Crippen LogP contribution in [0.15, 0.2) is 24.3 Å². The van der Waals surface area contributed by atoms with Gasteiger partial charge in [0.05, 0.1) is 23.9 Å². The molecule has 1 saturated carbocycles. The lowest BCUT2D eigenvalue weighted by atomic mass is 9.82. The summed E-state index contributed by atoms with van der Waals surface area (Å²) in [6.45, 7) is 1.38. The Morgan fingerprint density at radius 3 is 2.94 bits per heavy atom. The van der Waals surface area contributed by atoms with E-state index in [1.165, 1.54) is 5.39 Å². The van der Waals surface area contributed by atoms with Gasteiger partial charge in [-0.3, -0.25) is 4.68 Å². The standard InChI is InChI=1S/C14H19N3O/c1-17-14-5-3-2-4-12(14)13(16-17)9-18-11-6-10(7-11)8-15/h2-5,10-11H,6-9,15H2,1H3. The first-order valence-corrected chi connectivity index (χ1v) is 6.50. The second-order valence-electron chi connectivity index (χ2n) is 5.09. The van der Waals surface area contributed by atoms with Crippen molar-refractivity contribution in [1.29, 1.82) is 0 Å². The molecule has 2 aromatic rings. The topological polar surface area (TPSA) is 53.1 Å². The Morgan fingerprint density at radius 1 is 1.39 bits per heavy atom. The summed E-state index contributed by atoms with van der Waals surface area (Å²) in [5.74, 6) is 0.662. The maximum atomic E-state index is 5.89. The molecule has 0 unspecified atom stereocenters. The van der Waals surface area contributed by atoms with E-state index in [1.807, 2.05) is 23.9 Å². The number of ether oxygens (including phenoxy) is 1. The van der Waals surface area contributed by atoms with Gasteiger partial charge in [-0.05, 0) is 31.4 Å². The lowest BCUT2D eigenvalue weighted by Gasteiger charge is -2.34. The minimum Gasteiger partial charge on any atom is -0.372 e. The van der Waals surface area contributed by atoms with Crippen molar-refractivity contribution in [3.63, 3.8) is 0 Å². The van der Waals surface area contributed by atoms with E-state index in [0.29, 0.717) is 18.6 Å². The molecule has 0 bridgehead atoms. The molecule has 1 fully saturated rings. The number of para-hydroxylation sites is 1. The Labute approximate surface area is 107 Å². The number of nitrogens with two attached hydrogens (primary N) is 1. The van der Waals surface area contributed by atoms with Crippen LogP contribution >= 0.6 is 0 Å². The smallest absolute Gasteiger partial charge is 0.0960 e. The molecule has 4 heteroatoms. The number of fused-ring (bicyclic) bond motifs is 1. The lowest BCUT2D eigenvalue weighted by Crippen LogP contribution is -2.35. The minimum absolute atomic E-state index is 0.374. The van der Waals surface area contributed by atoms with E-state index in [-0.39, 0.29) is 0 Å². The molecule has 0 radical (unpaired) electrons. The van der Waals surface area contributed by atoms with Crippen LogP contribution in [-0.2, 0) is 18.4 Å². The van der Waals surface area contributed by atoms with E-state index >= 15 is 0 Å². The normalized spacial score (nSPS) is 23.2. The first-order chi connectivity index (χ1) is 8.78. The maximum absolute atomic E-state index is 5.89. The average Bonchev–Trinajstić information content (AvgIpc) is 2.66. The fourth-order valence-electron chi connectivity index (χ4n) is 2.60. The van der Waals surface area contributed by atoms with Crippen molar-refractivity contribution in [1.82, 2.24) is 9.78 Å². The summed E-state index contributed by atoms with van der Waals surface area (Å²) in [7, 11) is 1.97. The van der Waals surface area contributed by atoms with E-state index in [0.717, 1.165) is 30.6 Å². The molecule has 0 amide bonds. The zero-order valence-electron chi connectivity index (χ0n) is 10.7. The van der Waals surface area contributed by atoms with Crippen LogP contribution in [0.2, 0.25) is 0 Å². The number of benzene rings is 1. The molecular formula is C14H19N3O. The predicted molar refractivity (Wildman–Crippen MR) is 71.1 cm³/mol. The summed E-state index contributed by atoms with van der Waals surface area (Å²) >= 11 is 0. The molecule has 0 spiro atoms. The minimum atomic E-state index is 0.374. The van der Waals surface area contributed by atoms with E-state index < -0.39 is 0 Å². The number of rotatable bonds is 4. The van der Waals surface area contributed by atoms with Gasteiger partial charge in [0.25, 0.3) is 0 Å². The van der Waals surface area contributed by atoms with Crippen molar-refractivity contribution in [2.24, 2.45) is 18.7 Å². The predicted octanol–water partition coefficient (Wildman–Crippen LogP) is 1.83. The fraction of sp³-hybridized carbons (Fsp3) is 0.500. The van der Waals surface area contributed by atoms with Gasteiger partial charge in [0, 0.05) is 12.4 Å². The van der Waals surface area contributed by atoms with Crippen molar-refractivity contribution < 1.29 is 4.74 Å². The van der Waals surface area contributed by atoms with Crippen LogP contribution in [0, 0.1) is 5.92 Å². The molecule has 4 nitrogen and oxygen atoms in total. The second kappa shape index (κ2) is 4.71. The molecule has 1 heterocycles. The SMILES string of the molecule is Cn1nc(COC2CC(CN)C2)c2ccccc21. The molecule has 3 rings (SSSR count). The molecule has 1 aliphatic rings. The van der Waals surface area contributed by atoms with Crippen molar-refractivity contribution in [2.45, 2.75) is 25.6 Å². The van der Waals surface area contributed by atoms with Gasteiger partial charge in [0.15, 0.2) is 0 Å². The van der Waals surface area contributed by atoms with Crippen LogP contribution in [0.25, 0.3) is 10.9 Å². The van der Waals surface area contributed by atoms with Crippen LogP contribution in [0.1, 0.15) is 18.5 Å². The molecule has 1 aromatic heterocycles. The monoisotopic (exact) mass is 245 g/mol. The molecule has 0 aliphatic heterocycles. The van der Waals surface area contributed by atoms with Crippen molar-refractivity contribution >= 4 is 10.9 Å². The Bertz CT molecular complexity index is 543. The zero-order chi connectivity index (χ0) is 12.5. The summed E-state index contributed by atoms with van der Waals surface area (Å²) in [5.41, 5.74) is 7.80. The number of aromatic nitrogens is 2. The summed E-state index contributed by atoms with van der Waals surface area (Å²) < 4.78 is 7.80. The maximum Gasteiger partial charge on any atom is 0.0960 e. The number of hydrogen-bond donors (Lipinski definition) is 1. The van der Waals surface area contributed by atoms with Gasteiger partial charge < -0.3 is 10.5 Å². The molecule has 1 aliphatic carbocycles. The van der Waals surface area contributed by atoms with E-state index in [9.17, 15) is 0 Å². The van der Waals surface area contributed by atoms with Crippen LogP contribution < -0.4 is 5.73 Å². The van der Waals surface area contributed by atoms with Gasteiger partial charge in [-0.2, -0.15) is 5.10 Å². The quantitative estimate of drug-likeness (QED) is 0.894. The third-order valence-electron chi connectivity index (χ3n) is 3.82. The van der Waals surface area contributed by atoms with Crippen molar-refractivity contribution in [3.05, 3.63) is 30.0 Å². The highest BCUT2D eigenvalue weighted by Crippen LogP contribution is 2.30. The highest BCUT2D eigenvalue weighted by molar-refractivity contribution is 5.81. The Hall–Kier alpha value is -1.39. The van der Waals surface area contributed by atoms with Gasteiger partial charge in [0.2, 0.25) is 0 Å². The van der Waals surface area contributed by atoms with E-state index in [1.54, 1.807) is 0 Å². The van der Waals surface area contributed by atoms with Gasteiger partial charge in [-0.15, -0.1) is 0 Å². The highest BCUT2D eigenvalue weighted by Gasteiger charge is 2.28. The summed E-state index contributed by atoms with van der Waals surface area (Å²) in [6, 6.07) is 8.26. The summed E-state index contributed by atoms with van der Waals surface area (Å²) in [4.78, 5) is 0. The molecular weight excluding hydrogens is 226 g/mol. The zero-order valence-corrected chi connectivity index (χ0v) is 10.7. The van der Waals surface area contributed by atoms with Crippen molar-refractivity contribution in [2.75, 3.05) is 6.54 Å². The lowest BCUT2D eigenvalue weighted by molar-refractivity contribution is -0.0385. The van der Waals surface area contributed by atoms with E-state index in [4.69, 9.17) is 10.5 Å². The number of aryl methyl sites for hydroxylation is 1. The third-order valence-corrected chi connectivity index (χ3v) is 3.82. The van der Waals surface area contributed by atoms with Gasteiger partial charge >= 0.3 is 0 Å². The molecule has 0 atom stereocenters. The van der Waals surface area contributed by atoms with Crippen LogP contribution in [-0.4, -0.2) is 22.4 Å². The summed E-state index contributed by atoms with van der Waals surface area (Å²) in [6.07, 6.45) is 2.57. The van der Waals surface area contributed by atoms with Crippen molar-refractivity contribution in [3.8, 4) is 0 Å². The number of hydrogen-bond acceptors (Lipinski definition) is 3. The largest absolute Gasteiger partial charge is 0.372 e. The summed E-state index contributed by atoms with van der Waals surface area (Å²) in [5, 5.41) is 5.72. The Morgan fingerprint density at radius 2 is 2.17 bits per heavy atom. The average molecular weight is 245 g/mol. The second-order valence-corrected chi connectivity index (χ2v) is 5.09. The van der Waals surface area contributed by atoms with Crippen LogP contribution in [0.5, 0.6) is 0 Å². The van der Waals surface area contributed by atoms with Gasteiger partial charge in [-0.25, -0.2) is 0 Å². The first-order valence-electron chi connectivity index (χ1n) is 6.50. The third kappa shape index (κ3) is 2.02. The Balaban J connectivity index is 1.68. The Kier molecular flexibility index (Phi) is 3.06. The fourth-order valence-corrected chi connectivity index (χ4v) is 2.60. The molecule has 18 heavy (non-hydrogen) atoms. The van der Waals surface area contributed by atoms with Crippen LogP contribution in [0.4, 0.5) is 0 Å². The van der Waals surface area contributed by atoms with Gasteiger partial charge in [0.1, 0.15) is 0 Å².